The lowest BCUT2D eigenvalue weighted by Gasteiger charge is -2.31. The van der Waals surface area contributed by atoms with Crippen molar-refractivity contribution in [3.05, 3.63) is 0 Å². The molecule has 138 valence electrons. The van der Waals surface area contributed by atoms with Crippen LogP contribution in [0.4, 0.5) is 4.79 Å². The van der Waals surface area contributed by atoms with Gasteiger partial charge in [-0.05, 0) is 57.8 Å². The molecule has 4 atom stereocenters. The smallest absolute Gasteiger partial charge is 0.410 e. The van der Waals surface area contributed by atoms with Crippen molar-refractivity contribution < 1.29 is 14.3 Å². The van der Waals surface area contributed by atoms with Crippen LogP contribution in [-0.4, -0.2) is 42.4 Å². The summed E-state index contributed by atoms with van der Waals surface area (Å²) in [6.07, 6.45) is 10.6. The SMILES string of the molecule is CC(C)(C)OC(=O)N1CC2CCOC3CCCCCCCC3C2C1. The van der Waals surface area contributed by atoms with E-state index in [1.165, 1.54) is 44.9 Å². The molecule has 1 amide bonds. The monoisotopic (exact) mass is 337 g/mol. The Morgan fingerprint density at radius 3 is 2.42 bits per heavy atom. The first-order valence-electron chi connectivity index (χ1n) is 10.0. The Labute approximate surface area is 147 Å². The highest BCUT2D eigenvalue weighted by molar-refractivity contribution is 5.68. The molecule has 1 aliphatic carbocycles. The molecule has 0 radical (unpaired) electrons. The van der Waals surface area contributed by atoms with E-state index >= 15 is 0 Å². The fraction of sp³-hybridized carbons (Fsp3) is 0.950. The minimum atomic E-state index is -0.411. The van der Waals surface area contributed by atoms with Crippen LogP contribution in [0.1, 0.15) is 72.1 Å². The molecule has 2 aliphatic heterocycles. The molecule has 4 nitrogen and oxygen atoms in total. The van der Waals surface area contributed by atoms with E-state index in [2.05, 4.69) is 0 Å². The Hall–Kier alpha value is -0.770. The van der Waals surface area contributed by atoms with Crippen LogP contribution in [0.2, 0.25) is 0 Å². The highest BCUT2D eigenvalue weighted by Crippen LogP contribution is 2.42. The number of likely N-dealkylation sites (tertiary alicyclic amines) is 1. The van der Waals surface area contributed by atoms with Crippen molar-refractivity contribution in [1.29, 1.82) is 0 Å². The van der Waals surface area contributed by atoms with Crippen molar-refractivity contribution in [2.24, 2.45) is 17.8 Å². The summed E-state index contributed by atoms with van der Waals surface area (Å²) in [7, 11) is 0. The van der Waals surface area contributed by atoms with Gasteiger partial charge in [0.15, 0.2) is 0 Å². The Bertz CT molecular complexity index is 431. The van der Waals surface area contributed by atoms with Crippen LogP contribution in [0, 0.1) is 17.8 Å². The minimum Gasteiger partial charge on any atom is -0.444 e. The second-order valence-corrected chi connectivity index (χ2v) is 9.02. The van der Waals surface area contributed by atoms with Gasteiger partial charge >= 0.3 is 6.09 Å². The van der Waals surface area contributed by atoms with Gasteiger partial charge in [0.05, 0.1) is 6.10 Å². The van der Waals surface area contributed by atoms with Gasteiger partial charge in [0.2, 0.25) is 0 Å². The van der Waals surface area contributed by atoms with E-state index < -0.39 is 5.60 Å². The van der Waals surface area contributed by atoms with E-state index in [1.807, 2.05) is 25.7 Å². The summed E-state index contributed by atoms with van der Waals surface area (Å²) in [6, 6.07) is 0. The molecule has 2 saturated heterocycles. The molecule has 0 aromatic carbocycles. The molecule has 4 unspecified atom stereocenters. The second kappa shape index (κ2) is 7.63. The van der Waals surface area contributed by atoms with Crippen LogP contribution in [0.3, 0.4) is 0 Å². The van der Waals surface area contributed by atoms with E-state index in [0.717, 1.165) is 26.1 Å². The van der Waals surface area contributed by atoms with Gasteiger partial charge in [0, 0.05) is 19.7 Å². The summed E-state index contributed by atoms with van der Waals surface area (Å²) in [5, 5.41) is 0. The van der Waals surface area contributed by atoms with Crippen LogP contribution in [0.5, 0.6) is 0 Å². The zero-order chi connectivity index (χ0) is 17.2. The number of rotatable bonds is 0. The molecule has 0 N–H and O–H groups in total. The molecule has 1 saturated carbocycles. The average molecular weight is 338 g/mol. The number of fused-ring (bicyclic) bond motifs is 3. The highest BCUT2D eigenvalue weighted by atomic mass is 16.6. The molecule has 2 heterocycles. The maximum atomic E-state index is 12.5. The predicted octanol–water partition coefficient (Wildman–Crippen LogP) is 4.62. The molecule has 0 aromatic rings. The Balaban J connectivity index is 1.69. The summed E-state index contributed by atoms with van der Waals surface area (Å²) in [5.41, 5.74) is -0.411. The van der Waals surface area contributed by atoms with Gasteiger partial charge in [-0.25, -0.2) is 4.79 Å². The summed E-state index contributed by atoms with van der Waals surface area (Å²) in [4.78, 5) is 14.5. The third kappa shape index (κ3) is 4.44. The third-order valence-electron chi connectivity index (χ3n) is 6.02. The lowest BCUT2D eigenvalue weighted by molar-refractivity contribution is -0.000837. The van der Waals surface area contributed by atoms with Gasteiger partial charge in [0.25, 0.3) is 0 Å². The molecule has 24 heavy (non-hydrogen) atoms. The molecule has 3 aliphatic rings. The largest absolute Gasteiger partial charge is 0.444 e. The second-order valence-electron chi connectivity index (χ2n) is 9.02. The van der Waals surface area contributed by atoms with Crippen molar-refractivity contribution in [2.75, 3.05) is 19.7 Å². The van der Waals surface area contributed by atoms with Gasteiger partial charge < -0.3 is 14.4 Å². The number of ether oxygens (including phenoxy) is 2. The maximum absolute atomic E-state index is 12.5. The molecule has 0 bridgehead atoms. The molecule has 0 aromatic heterocycles. The van der Waals surface area contributed by atoms with Crippen molar-refractivity contribution in [1.82, 2.24) is 4.90 Å². The van der Waals surface area contributed by atoms with E-state index in [9.17, 15) is 4.79 Å². The molecular weight excluding hydrogens is 302 g/mol. The zero-order valence-corrected chi connectivity index (χ0v) is 15.8. The van der Waals surface area contributed by atoms with Crippen molar-refractivity contribution in [2.45, 2.75) is 83.8 Å². The van der Waals surface area contributed by atoms with Gasteiger partial charge in [-0.3, -0.25) is 0 Å². The van der Waals surface area contributed by atoms with Crippen LogP contribution in [0.15, 0.2) is 0 Å². The number of carbonyl (C=O) groups is 1. The first-order valence-corrected chi connectivity index (χ1v) is 10.0. The fourth-order valence-electron chi connectivity index (χ4n) is 4.89. The number of carbonyl (C=O) groups excluding carboxylic acids is 1. The van der Waals surface area contributed by atoms with Crippen LogP contribution < -0.4 is 0 Å². The average Bonchev–Trinajstić information content (AvgIpc) is 2.88. The molecule has 4 heteroatoms. The number of amides is 1. The summed E-state index contributed by atoms with van der Waals surface area (Å²) >= 11 is 0. The van der Waals surface area contributed by atoms with Gasteiger partial charge in [0.1, 0.15) is 5.60 Å². The number of nitrogens with zero attached hydrogens (tertiary/aromatic N) is 1. The van der Waals surface area contributed by atoms with Crippen LogP contribution >= 0.6 is 0 Å². The zero-order valence-electron chi connectivity index (χ0n) is 15.8. The summed E-state index contributed by atoms with van der Waals surface area (Å²) < 4.78 is 11.9. The molecule has 3 fully saturated rings. The summed E-state index contributed by atoms with van der Waals surface area (Å²) in [5.74, 6) is 1.82. The predicted molar refractivity (Wildman–Crippen MR) is 95.0 cm³/mol. The maximum Gasteiger partial charge on any atom is 0.410 e. The van der Waals surface area contributed by atoms with Crippen LogP contribution in [-0.2, 0) is 9.47 Å². The van der Waals surface area contributed by atoms with E-state index in [4.69, 9.17) is 9.47 Å². The molecule has 3 rings (SSSR count). The van der Waals surface area contributed by atoms with Crippen molar-refractivity contribution in [3.63, 3.8) is 0 Å². The number of hydrogen-bond acceptors (Lipinski definition) is 3. The van der Waals surface area contributed by atoms with Gasteiger partial charge in [-0.2, -0.15) is 0 Å². The van der Waals surface area contributed by atoms with E-state index in [0.29, 0.717) is 23.9 Å². The van der Waals surface area contributed by atoms with Crippen molar-refractivity contribution in [3.8, 4) is 0 Å². The third-order valence-corrected chi connectivity index (χ3v) is 6.02. The highest BCUT2D eigenvalue weighted by Gasteiger charge is 2.44. The molecular formula is C20H35NO3. The first kappa shape index (κ1) is 18.0. The Morgan fingerprint density at radius 2 is 1.67 bits per heavy atom. The Morgan fingerprint density at radius 1 is 0.958 bits per heavy atom. The van der Waals surface area contributed by atoms with Crippen LogP contribution in [0.25, 0.3) is 0 Å². The van der Waals surface area contributed by atoms with Gasteiger partial charge in [-0.15, -0.1) is 0 Å². The van der Waals surface area contributed by atoms with Crippen molar-refractivity contribution >= 4 is 6.09 Å². The fourth-order valence-corrected chi connectivity index (χ4v) is 4.89. The summed E-state index contributed by atoms with van der Waals surface area (Å²) in [6.45, 7) is 8.42. The Kier molecular flexibility index (Phi) is 5.74. The van der Waals surface area contributed by atoms with E-state index in [-0.39, 0.29) is 6.09 Å². The minimum absolute atomic E-state index is 0.129. The quantitative estimate of drug-likeness (QED) is 0.647. The first-order chi connectivity index (χ1) is 11.4. The number of hydrogen-bond donors (Lipinski definition) is 0. The molecule has 0 spiro atoms. The lowest BCUT2D eigenvalue weighted by atomic mass is 9.77. The van der Waals surface area contributed by atoms with Gasteiger partial charge in [-0.1, -0.05) is 32.1 Å². The normalized spacial score (nSPS) is 35.0. The van der Waals surface area contributed by atoms with E-state index in [1.54, 1.807) is 0 Å². The lowest BCUT2D eigenvalue weighted by Crippen LogP contribution is -2.37. The topological polar surface area (TPSA) is 38.8 Å². The standard InChI is InChI=1S/C20H35NO3/c1-20(2,3)24-19(22)21-13-15-11-12-23-18-10-8-6-4-5-7-9-16(18)17(15)14-21/h15-18H,4-14H2,1-3H3.